The van der Waals surface area contributed by atoms with Crippen LogP contribution in [0.2, 0.25) is 0 Å². The number of hydrogen-bond acceptors (Lipinski definition) is 1. The molecule has 0 aromatic heterocycles. The summed E-state index contributed by atoms with van der Waals surface area (Å²) >= 11 is 3.31. The van der Waals surface area contributed by atoms with E-state index in [1.54, 1.807) is 18.2 Å². The van der Waals surface area contributed by atoms with Crippen LogP contribution in [0.4, 0.5) is 8.78 Å². The Balaban J connectivity index is 2.11. The van der Waals surface area contributed by atoms with Crippen LogP contribution in [0.5, 0.6) is 0 Å². The summed E-state index contributed by atoms with van der Waals surface area (Å²) in [5, 5.41) is 3.15. The van der Waals surface area contributed by atoms with Crippen LogP contribution in [0.3, 0.4) is 0 Å². The highest BCUT2D eigenvalue weighted by atomic mass is 79.9. The fourth-order valence-corrected chi connectivity index (χ4v) is 3.08. The summed E-state index contributed by atoms with van der Waals surface area (Å²) in [6.07, 6.45) is 1.50. The number of nitrogens with one attached hydrogen (secondary N) is 1. The summed E-state index contributed by atoms with van der Waals surface area (Å²) in [5.41, 5.74) is 1.91. The summed E-state index contributed by atoms with van der Waals surface area (Å²) in [6.45, 7) is 0.796. The summed E-state index contributed by atoms with van der Waals surface area (Å²) in [6, 6.07) is 11.6. The van der Waals surface area contributed by atoms with E-state index in [1.165, 1.54) is 12.1 Å². The topological polar surface area (TPSA) is 12.0 Å². The average molecular weight is 354 g/mol. The number of halogens is 3. The Labute approximate surface area is 132 Å². The monoisotopic (exact) mass is 353 g/mol. The van der Waals surface area contributed by atoms with Crippen molar-refractivity contribution in [3.05, 3.63) is 69.7 Å². The Kier molecular flexibility index (Phi) is 5.88. The third kappa shape index (κ3) is 5.21. The minimum Gasteiger partial charge on any atom is -0.319 e. The molecule has 0 aliphatic heterocycles. The Bertz CT molecular complexity index is 581. The lowest BCUT2D eigenvalue weighted by Crippen LogP contribution is -2.23. The van der Waals surface area contributed by atoms with Gasteiger partial charge < -0.3 is 5.32 Å². The Morgan fingerprint density at radius 2 is 1.71 bits per heavy atom. The quantitative estimate of drug-likeness (QED) is 0.813. The zero-order chi connectivity index (χ0) is 15.2. The summed E-state index contributed by atoms with van der Waals surface area (Å²) < 4.78 is 27.5. The van der Waals surface area contributed by atoms with Crippen molar-refractivity contribution in [3.8, 4) is 0 Å². The molecule has 4 heteroatoms. The molecule has 1 unspecified atom stereocenters. The fraction of sp³-hybridized carbons (Fsp3) is 0.294. The molecule has 2 aromatic rings. The molecule has 0 bridgehead atoms. The van der Waals surface area contributed by atoms with Crippen LogP contribution >= 0.6 is 15.9 Å². The lowest BCUT2D eigenvalue weighted by atomic mass is 9.92. The fourth-order valence-electron chi connectivity index (χ4n) is 2.56. The van der Waals surface area contributed by atoms with E-state index < -0.39 is 0 Å². The van der Waals surface area contributed by atoms with Crippen LogP contribution in [0.25, 0.3) is 0 Å². The summed E-state index contributed by atoms with van der Waals surface area (Å²) in [4.78, 5) is 0. The predicted molar refractivity (Wildman–Crippen MR) is 85.3 cm³/mol. The van der Waals surface area contributed by atoms with E-state index in [-0.39, 0.29) is 17.6 Å². The number of hydrogen-bond donors (Lipinski definition) is 1. The first-order valence-electron chi connectivity index (χ1n) is 6.91. The normalized spacial score (nSPS) is 12.4. The minimum atomic E-state index is -0.242. The van der Waals surface area contributed by atoms with E-state index >= 15 is 0 Å². The lowest BCUT2D eigenvalue weighted by molar-refractivity contribution is 0.490. The second kappa shape index (κ2) is 7.66. The van der Waals surface area contributed by atoms with Crippen molar-refractivity contribution in [1.82, 2.24) is 5.32 Å². The lowest BCUT2D eigenvalue weighted by Gasteiger charge is -2.17. The van der Waals surface area contributed by atoms with Gasteiger partial charge in [0.15, 0.2) is 0 Å². The Hall–Kier alpha value is -1.26. The zero-order valence-corrected chi connectivity index (χ0v) is 13.5. The second-order valence-corrected chi connectivity index (χ2v) is 6.16. The van der Waals surface area contributed by atoms with Crippen LogP contribution in [0, 0.1) is 17.6 Å². The van der Waals surface area contributed by atoms with Crippen molar-refractivity contribution in [2.45, 2.75) is 12.8 Å². The molecule has 2 rings (SSSR count). The standard InChI is InChI=1S/C17H18BrF2N/c1-21-11-14(5-12-3-2-4-16(19)8-12)6-13-7-15(18)10-17(20)9-13/h2-4,7-10,14,21H,5-6,11H2,1H3. The molecule has 0 fully saturated rings. The highest BCUT2D eigenvalue weighted by molar-refractivity contribution is 9.10. The van der Waals surface area contributed by atoms with E-state index in [0.29, 0.717) is 0 Å². The minimum absolute atomic E-state index is 0.218. The van der Waals surface area contributed by atoms with Crippen LogP contribution in [-0.2, 0) is 12.8 Å². The molecule has 0 radical (unpaired) electrons. The van der Waals surface area contributed by atoms with E-state index in [9.17, 15) is 8.78 Å². The number of benzene rings is 2. The van der Waals surface area contributed by atoms with Gasteiger partial charge in [-0.3, -0.25) is 0 Å². The molecule has 1 N–H and O–H groups in total. The zero-order valence-electron chi connectivity index (χ0n) is 11.9. The van der Waals surface area contributed by atoms with Gasteiger partial charge in [0.05, 0.1) is 0 Å². The molecule has 0 spiro atoms. The average Bonchev–Trinajstić information content (AvgIpc) is 2.37. The van der Waals surface area contributed by atoms with Crippen molar-refractivity contribution in [1.29, 1.82) is 0 Å². The molecule has 0 saturated heterocycles. The van der Waals surface area contributed by atoms with Gasteiger partial charge in [0.25, 0.3) is 0 Å². The van der Waals surface area contributed by atoms with E-state index in [0.717, 1.165) is 35.0 Å². The van der Waals surface area contributed by atoms with Crippen LogP contribution in [0.1, 0.15) is 11.1 Å². The molecule has 0 saturated carbocycles. The molecular weight excluding hydrogens is 336 g/mol. The summed E-state index contributed by atoms with van der Waals surface area (Å²) in [7, 11) is 1.89. The molecule has 1 nitrogen and oxygen atoms in total. The van der Waals surface area contributed by atoms with Gasteiger partial charge in [-0.2, -0.15) is 0 Å². The maximum Gasteiger partial charge on any atom is 0.124 e. The molecule has 1 atom stereocenters. The molecule has 0 aliphatic rings. The second-order valence-electron chi connectivity index (χ2n) is 5.24. The first-order chi connectivity index (χ1) is 10.1. The molecule has 112 valence electrons. The van der Waals surface area contributed by atoms with Crippen LogP contribution < -0.4 is 5.32 Å². The van der Waals surface area contributed by atoms with Gasteiger partial charge in [-0.25, -0.2) is 8.78 Å². The van der Waals surface area contributed by atoms with Crippen molar-refractivity contribution < 1.29 is 8.78 Å². The summed E-state index contributed by atoms with van der Waals surface area (Å²) in [5.74, 6) is -0.178. The third-order valence-electron chi connectivity index (χ3n) is 3.35. The highest BCUT2D eigenvalue weighted by Crippen LogP contribution is 2.20. The van der Waals surface area contributed by atoms with Gasteiger partial charge in [-0.1, -0.05) is 28.1 Å². The SMILES string of the molecule is CNCC(Cc1cccc(F)c1)Cc1cc(F)cc(Br)c1. The number of rotatable bonds is 6. The first-order valence-corrected chi connectivity index (χ1v) is 7.70. The van der Waals surface area contributed by atoms with Crippen molar-refractivity contribution >= 4 is 15.9 Å². The maximum absolute atomic E-state index is 13.4. The van der Waals surface area contributed by atoms with E-state index in [4.69, 9.17) is 0 Å². The van der Waals surface area contributed by atoms with Crippen molar-refractivity contribution in [2.24, 2.45) is 5.92 Å². The van der Waals surface area contributed by atoms with E-state index in [1.807, 2.05) is 19.2 Å². The Morgan fingerprint density at radius 1 is 1.00 bits per heavy atom. The van der Waals surface area contributed by atoms with Gasteiger partial charge in [0.2, 0.25) is 0 Å². The maximum atomic E-state index is 13.4. The molecule has 21 heavy (non-hydrogen) atoms. The smallest absolute Gasteiger partial charge is 0.124 e. The third-order valence-corrected chi connectivity index (χ3v) is 3.81. The van der Waals surface area contributed by atoms with Gasteiger partial charge in [0.1, 0.15) is 11.6 Å². The molecule has 0 aliphatic carbocycles. The highest BCUT2D eigenvalue weighted by Gasteiger charge is 2.12. The van der Waals surface area contributed by atoms with Crippen molar-refractivity contribution in [2.75, 3.05) is 13.6 Å². The molecule has 0 heterocycles. The van der Waals surface area contributed by atoms with Gasteiger partial charge in [-0.15, -0.1) is 0 Å². The van der Waals surface area contributed by atoms with Crippen LogP contribution in [0.15, 0.2) is 46.9 Å². The van der Waals surface area contributed by atoms with Gasteiger partial charge in [0, 0.05) is 4.47 Å². The van der Waals surface area contributed by atoms with Gasteiger partial charge >= 0.3 is 0 Å². The first kappa shape index (κ1) is 16.1. The van der Waals surface area contributed by atoms with Gasteiger partial charge in [-0.05, 0) is 73.8 Å². The van der Waals surface area contributed by atoms with E-state index in [2.05, 4.69) is 21.2 Å². The van der Waals surface area contributed by atoms with Crippen molar-refractivity contribution in [3.63, 3.8) is 0 Å². The molecule has 0 amide bonds. The van der Waals surface area contributed by atoms with Crippen LogP contribution in [-0.4, -0.2) is 13.6 Å². The molecule has 2 aromatic carbocycles. The predicted octanol–water partition coefficient (Wildman–Crippen LogP) is 4.35. The Morgan fingerprint density at radius 3 is 2.38 bits per heavy atom. The largest absolute Gasteiger partial charge is 0.319 e. The molecular formula is C17H18BrF2N.